The molecule has 1 aromatic carbocycles. The molecule has 0 aliphatic heterocycles. The van der Waals surface area contributed by atoms with Crippen molar-refractivity contribution in [3.8, 4) is 5.88 Å². The third-order valence-corrected chi connectivity index (χ3v) is 3.28. The Bertz CT molecular complexity index is 841. The Morgan fingerprint density at radius 3 is 2.87 bits per heavy atom. The summed E-state index contributed by atoms with van der Waals surface area (Å²) in [6, 6.07) is 9.82. The first-order valence-corrected chi connectivity index (χ1v) is 7.03. The van der Waals surface area contributed by atoms with Crippen LogP contribution < -0.4 is 4.74 Å². The molecule has 116 valence electrons. The lowest BCUT2D eigenvalue weighted by Gasteiger charge is -2.06. The van der Waals surface area contributed by atoms with Crippen molar-refractivity contribution in [2.45, 2.75) is 6.61 Å². The largest absolute Gasteiger partial charge is 0.472 e. The van der Waals surface area contributed by atoms with E-state index in [9.17, 15) is 4.79 Å². The maximum Gasteiger partial charge on any atom is 0.330 e. The summed E-state index contributed by atoms with van der Waals surface area (Å²) in [7, 11) is 1.33. The second kappa shape index (κ2) is 6.74. The zero-order chi connectivity index (χ0) is 16.1. The number of rotatable bonds is 5. The zero-order valence-corrected chi connectivity index (χ0v) is 12.5. The number of hydrogen-bond acceptors (Lipinski definition) is 5. The summed E-state index contributed by atoms with van der Waals surface area (Å²) in [4.78, 5) is 22.7. The fourth-order valence-corrected chi connectivity index (χ4v) is 2.15. The fourth-order valence-electron chi connectivity index (χ4n) is 2.15. The van der Waals surface area contributed by atoms with E-state index in [2.05, 4.69) is 19.7 Å². The molecule has 0 bridgehead atoms. The maximum atomic E-state index is 11.3. The molecule has 0 saturated heterocycles. The van der Waals surface area contributed by atoms with Crippen LogP contribution in [-0.2, 0) is 16.1 Å². The van der Waals surface area contributed by atoms with Gasteiger partial charge in [-0.15, -0.1) is 0 Å². The molecule has 0 amide bonds. The number of esters is 1. The number of H-pyrrole nitrogens is 1. The van der Waals surface area contributed by atoms with Gasteiger partial charge in [-0.05, 0) is 11.6 Å². The second-order valence-corrected chi connectivity index (χ2v) is 4.78. The van der Waals surface area contributed by atoms with Crippen molar-refractivity contribution >= 4 is 23.1 Å². The van der Waals surface area contributed by atoms with Crippen LogP contribution in [0.3, 0.4) is 0 Å². The molecule has 2 heterocycles. The zero-order valence-electron chi connectivity index (χ0n) is 12.5. The van der Waals surface area contributed by atoms with Gasteiger partial charge < -0.3 is 14.5 Å². The van der Waals surface area contributed by atoms with Gasteiger partial charge >= 0.3 is 5.97 Å². The van der Waals surface area contributed by atoms with Crippen LogP contribution >= 0.6 is 0 Å². The summed E-state index contributed by atoms with van der Waals surface area (Å²) in [6.07, 6.45) is 6.17. The number of ether oxygens (including phenoxy) is 2. The third-order valence-electron chi connectivity index (χ3n) is 3.28. The van der Waals surface area contributed by atoms with Gasteiger partial charge in [0.05, 0.1) is 12.5 Å². The summed E-state index contributed by atoms with van der Waals surface area (Å²) in [5.41, 5.74) is 2.45. The number of methoxy groups -OCH3 is 1. The lowest BCUT2D eigenvalue weighted by Crippen LogP contribution is -1.98. The number of aromatic amines is 1. The molecule has 0 unspecified atom stereocenters. The van der Waals surface area contributed by atoms with Crippen LogP contribution in [-0.4, -0.2) is 28.0 Å². The van der Waals surface area contributed by atoms with Crippen molar-refractivity contribution in [3.63, 3.8) is 0 Å². The highest BCUT2D eigenvalue weighted by molar-refractivity contribution is 5.94. The van der Waals surface area contributed by atoms with Crippen molar-refractivity contribution in [1.82, 2.24) is 15.0 Å². The quantitative estimate of drug-likeness (QED) is 0.579. The van der Waals surface area contributed by atoms with E-state index in [0.29, 0.717) is 18.1 Å². The van der Waals surface area contributed by atoms with E-state index >= 15 is 0 Å². The van der Waals surface area contributed by atoms with Gasteiger partial charge in [0.25, 0.3) is 0 Å². The molecule has 0 radical (unpaired) electrons. The lowest BCUT2D eigenvalue weighted by molar-refractivity contribution is -0.134. The van der Waals surface area contributed by atoms with Crippen molar-refractivity contribution < 1.29 is 14.3 Å². The number of fused-ring (bicyclic) bond motifs is 1. The second-order valence-electron chi connectivity index (χ2n) is 4.78. The highest BCUT2D eigenvalue weighted by Gasteiger charge is 2.11. The lowest BCUT2D eigenvalue weighted by atomic mass is 10.2. The van der Waals surface area contributed by atoms with Crippen LogP contribution in [0.1, 0.15) is 11.1 Å². The van der Waals surface area contributed by atoms with E-state index in [1.165, 1.54) is 19.5 Å². The molecule has 0 aliphatic carbocycles. The first kappa shape index (κ1) is 14.8. The fraction of sp³-hybridized carbons (Fsp3) is 0.118. The van der Waals surface area contributed by atoms with Gasteiger partial charge in [-0.3, -0.25) is 0 Å². The number of aromatic nitrogens is 3. The Labute approximate surface area is 132 Å². The van der Waals surface area contributed by atoms with Crippen LogP contribution in [0.25, 0.3) is 17.1 Å². The predicted molar refractivity (Wildman–Crippen MR) is 85.7 cm³/mol. The molecule has 3 rings (SSSR count). The summed E-state index contributed by atoms with van der Waals surface area (Å²) >= 11 is 0. The van der Waals surface area contributed by atoms with E-state index in [4.69, 9.17) is 4.74 Å². The Hall–Kier alpha value is -3.15. The SMILES string of the molecule is COC(=O)/C=C/c1c[nH]c2ncnc(OCc3ccccc3)c12. The normalized spacial score (nSPS) is 11.0. The van der Waals surface area contributed by atoms with Gasteiger partial charge in [-0.2, -0.15) is 0 Å². The number of carbonyl (C=O) groups excluding carboxylic acids is 1. The van der Waals surface area contributed by atoms with E-state index in [0.717, 1.165) is 16.5 Å². The van der Waals surface area contributed by atoms with Gasteiger partial charge in [0.1, 0.15) is 18.6 Å². The predicted octanol–water partition coefficient (Wildman–Crippen LogP) is 2.72. The van der Waals surface area contributed by atoms with Crippen LogP contribution in [0.5, 0.6) is 5.88 Å². The van der Waals surface area contributed by atoms with Crippen LogP contribution in [0.2, 0.25) is 0 Å². The highest BCUT2D eigenvalue weighted by Crippen LogP contribution is 2.26. The monoisotopic (exact) mass is 309 g/mol. The molecule has 0 atom stereocenters. The Kier molecular flexibility index (Phi) is 4.33. The third kappa shape index (κ3) is 3.37. The molecule has 6 heteroatoms. The molecule has 0 aliphatic rings. The summed E-state index contributed by atoms with van der Waals surface area (Å²) in [5, 5.41) is 0.726. The van der Waals surface area contributed by atoms with Gasteiger partial charge in [0.2, 0.25) is 5.88 Å². The van der Waals surface area contributed by atoms with Crippen LogP contribution in [0.4, 0.5) is 0 Å². The average molecular weight is 309 g/mol. The topological polar surface area (TPSA) is 77.1 Å². The maximum absolute atomic E-state index is 11.3. The molecule has 2 aromatic heterocycles. The molecule has 23 heavy (non-hydrogen) atoms. The van der Waals surface area contributed by atoms with Gasteiger partial charge in [-0.1, -0.05) is 30.3 Å². The molecule has 0 spiro atoms. The van der Waals surface area contributed by atoms with Gasteiger partial charge in [-0.25, -0.2) is 14.8 Å². The molecule has 1 N–H and O–H groups in total. The minimum atomic E-state index is -0.428. The summed E-state index contributed by atoms with van der Waals surface area (Å²) in [5.74, 6) is 0.0348. The Balaban J connectivity index is 1.89. The van der Waals surface area contributed by atoms with E-state index in [1.54, 1.807) is 12.3 Å². The molecule has 0 fully saturated rings. The highest BCUT2D eigenvalue weighted by atomic mass is 16.5. The number of carbonyl (C=O) groups is 1. The first-order valence-electron chi connectivity index (χ1n) is 7.03. The van der Waals surface area contributed by atoms with Crippen molar-refractivity contribution in [2.24, 2.45) is 0 Å². The Morgan fingerprint density at radius 2 is 2.09 bits per heavy atom. The van der Waals surface area contributed by atoms with E-state index in [1.807, 2.05) is 30.3 Å². The molecule has 0 saturated carbocycles. The number of nitrogens with zero attached hydrogens (tertiary/aromatic N) is 2. The minimum absolute atomic E-state index is 0.401. The molecular formula is C17H15N3O3. The summed E-state index contributed by atoms with van der Waals surface area (Å²) in [6.45, 7) is 0.401. The molecule has 6 nitrogen and oxygen atoms in total. The average Bonchev–Trinajstić information content (AvgIpc) is 3.02. The number of nitrogens with one attached hydrogen (secondary N) is 1. The van der Waals surface area contributed by atoms with Crippen molar-refractivity contribution in [2.75, 3.05) is 7.11 Å². The minimum Gasteiger partial charge on any atom is -0.472 e. The van der Waals surface area contributed by atoms with Gasteiger partial charge in [0, 0.05) is 17.8 Å². The summed E-state index contributed by atoms with van der Waals surface area (Å²) < 4.78 is 10.4. The molecular weight excluding hydrogens is 294 g/mol. The van der Waals surface area contributed by atoms with Crippen LogP contribution in [0, 0.1) is 0 Å². The van der Waals surface area contributed by atoms with E-state index in [-0.39, 0.29) is 0 Å². The van der Waals surface area contributed by atoms with Crippen molar-refractivity contribution in [1.29, 1.82) is 0 Å². The molecule has 3 aromatic rings. The van der Waals surface area contributed by atoms with Crippen LogP contribution in [0.15, 0.2) is 48.9 Å². The standard InChI is InChI=1S/C17H15N3O3/c1-22-14(21)8-7-13-9-18-16-15(13)17(20-11-19-16)23-10-12-5-3-2-4-6-12/h2-9,11H,10H2,1H3,(H,18,19,20)/b8-7+. The van der Waals surface area contributed by atoms with Crippen molar-refractivity contribution in [3.05, 3.63) is 60.1 Å². The number of benzene rings is 1. The number of hydrogen-bond donors (Lipinski definition) is 1. The van der Waals surface area contributed by atoms with E-state index < -0.39 is 5.97 Å². The Morgan fingerprint density at radius 1 is 1.26 bits per heavy atom. The first-order chi connectivity index (χ1) is 11.3. The smallest absolute Gasteiger partial charge is 0.330 e. The van der Waals surface area contributed by atoms with Gasteiger partial charge in [0.15, 0.2) is 0 Å².